The van der Waals surface area contributed by atoms with Crippen molar-refractivity contribution in [3.05, 3.63) is 36.3 Å². The Balaban J connectivity index is 1.34. The van der Waals surface area contributed by atoms with E-state index in [1.807, 2.05) is 12.1 Å². The summed E-state index contributed by atoms with van der Waals surface area (Å²) in [5.74, 6) is -0.00521. The Bertz CT molecular complexity index is 1220. The lowest BCUT2D eigenvalue weighted by atomic mass is 9.84. The summed E-state index contributed by atoms with van der Waals surface area (Å²) in [5, 5.41) is 18.1. The summed E-state index contributed by atoms with van der Waals surface area (Å²) in [6.45, 7) is 5.67. The largest absolute Gasteiger partial charge is 0.365 e. The van der Waals surface area contributed by atoms with Gasteiger partial charge in [-0.3, -0.25) is 9.11 Å². The fraction of sp³-hybridized carbons (Fsp3) is 0.500. The van der Waals surface area contributed by atoms with Crippen molar-refractivity contribution in [2.75, 3.05) is 23.4 Å². The number of tetrazole rings is 1. The van der Waals surface area contributed by atoms with Crippen LogP contribution in [0.2, 0.25) is 0 Å². The lowest BCUT2D eigenvalue weighted by Crippen LogP contribution is -2.55. The van der Waals surface area contributed by atoms with E-state index in [4.69, 9.17) is 0 Å². The minimum Gasteiger partial charge on any atom is -0.365 e. The minimum absolute atomic E-state index is 0.0688. The molecule has 4 heterocycles. The number of hydrogen-bond acceptors (Lipinski definition) is 9. The molecule has 2 aliphatic heterocycles. The van der Waals surface area contributed by atoms with E-state index in [-0.39, 0.29) is 28.5 Å². The first-order valence-electron chi connectivity index (χ1n) is 11.4. The van der Waals surface area contributed by atoms with Gasteiger partial charge >= 0.3 is 0 Å². The first-order chi connectivity index (χ1) is 16.3. The Morgan fingerprint density at radius 3 is 2.97 bits per heavy atom. The summed E-state index contributed by atoms with van der Waals surface area (Å²) >= 11 is 0. The molecule has 1 aromatic carbocycles. The molecule has 2 fully saturated rings. The standard InChI is InChI=1S/C22H28FN9OS/c1-22(2)12-15(11-16-8-5-9-31(16)22)25-19-18(23)13-24-20(27-19)26-14-6-4-7-17(10-14)32-21(34(3)33)28-29-30-32/h4,6-7,10,13,15-16H,5,8-9,11-12H2,1-3H3,(H2,24,25,26,27)/t15-,16+,34?/m1/s1. The van der Waals surface area contributed by atoms with Gasteiger partial charge < -0.3 is 10.6 Å². The van der Waals surface area contributed by atoms with E-state index >= 15 is 0 Å². The average molecular weight is 486 g/mol. The number of aromatic nitrogens is 6. The summed E-state index contributed by atoms with van der Waals surface area (Å²) in [6.07, 6.45) is 7.00. The van der Waals surface area contributed by atoms with Gasteiger partial charge in [-0.1, -0.05) is 11.2 Å². The lowest BCUT2D eigenvalue weighted by molar-refractivity contribution is 0.0500. The van der Waals surface area contributed by atoms with Crippen LogP contribution < -0.4 is 10.6 Å². The van der Waals surface area contributed by atoms with E-state index in [0.717, 1.165) is 19.4 Å². The summed E-state index contributed by atoms with van der Waals surface area (Å²) < 4.78 is 27.9. The van der Waals surface area contributed by atoms with Gasteiger partial charge in [-0.25, -0.2) is 9.37 Å². The van der Waals surface area contributed by atoms with Crippen molar-refractivity contribution >= 4 is 28.3 Å². The van der Waals surface area contributed by atoms with Crippen molar-refractivity contribution in [1.29, 1.82) is 0 Å². The van der Waals surface area contributed by atoms with Gasteiger partial charge in [-0.05, 0) is 74.7 Å². The highest BCUT2D eigenvalue weighted by Crippen LogP contribution is 2.38. The van der Waals surface area contributed by atoms with Crippen LogP contribution in [0.15, 0.2) is 35.6 Å². The molecule has 2 aromatic heterocycles. The number of nitrogens with one attached hydrogen (secondary N) is 2. The second-order valence-electron chi connectivity index (χ2n) is 9.48. The Hall–Kier alpha value is -2.99. The monoisotopic (exact) mass is 485 g/mol. The highest BCUT2D eigenvalue weighted by atomic mass is 32.2. The SMILES string of the molecule is CS(=O)c1nnnn1-c1cccc(Nc2ncc(F)c(N[C@@H]3C[C@@H]4CCCN4C(C)(C)C3)n2)c1. The molecule has 12 heteroatoms. The normalized spacial score (nSPS) is 22.8. The second kappa shape index (κ2) is 8.99. The molecule has 0 bridgehead atoms. The molecule has 2 N–H and O–H groups in total. The van der Waals surface area contributed by atoms with Crippen LogP contribution in [-0.4, -0.2) is 69.7 Å². The predicted molar refractivity (Wildman–Crippen MR) is 127 cm³/mol. The van der Waals surface area contributed by atoms with Crippen molar-refractivity contribution in [2.45, 2.75) is 62.3 Å². The summed E-state index contributed by atoms with van der Waals surface area (Å²) in [4.78, 5) is 11.1. The third-order valence-electron chi connectivity index (χ3n) is 6.59. The maximum absolute atomic E-state index is 14.6. The molecule has 0 radical (unpaired) electrons. The van der Waals surface area contributed by atoms with E-state index < -0.39 is 16.6 Å². The van der Waals surface area contributed by atoms with E-state index in [2.05, 4.69) is 54.9 Å². The second-order valence-corrected chi connectivity index (χ2v) is 10.7. The van der Waals surface area contributed by atoms with Gasteiger partial charge in [0.25, 0.3) is 0 Å². The van der Waals surface area contributed by atoms with Crippen LogP contribution in [0.3, 0.4) is 0 Å². The van der Waals surface area contributed by atoms with Crippen molar-refractivity contribution in [3.63, 3.8) is 0 Å². The zero-order valence-corrected chi connectivity index (χ0v) is 20.2. The van der Waals surface area contributed by atoms with Crippen LogP contribution in [0.4, 0.5) is 21.8 Å². The minimum atomic E-state index is -1.34. The van der Waals surface area contributed by atoms with Gasteiger partial charge in [0.2, 0.25) is 11.1 Å². The zero-order valence-electron chi connectivity index (χ0n) is 19.4. The van der Waals surface area contributed by atoms with Crippen LogP contribution in [-0.2, 0) is 10.8 Å². The smallest absolute Gasteiger partial charge is 0.244 e. The van der Waals surface area contributed by atoms with Gasteiger partial charge in [0, 0.05) is 29.6 Å². The summed E-state index contributed by atoms with van der Waals surface area (Å²) in [5.41, 5.74) is 1.37. The number of nitrogens with zero attached hydrogens (tertiary/aromatic N) is 7. The molecule has 1 unspecified atom stereocenters. The number of benzene rings is 1. The van der Waals surface area contributed by atoms with Gasteiger partial charge in [-0.15, -0.1) is 0 Å². The van der Waals surface area contributed by atoms with Crippen LogP contribution in [0, 0.1) is 5.82 Å². The number of piperidine rings is 1. The summed E-state index contributed by atoms with van der Waals surface area (Å²) in [7, 11) is -1.34. The maximum Gasteiger partial charge on any atom is 0.244 e. The maximum atomic E-state index is 14.6. The molecular weight excluding hydrogens is 457 g/mol. The number of fused-ring (bicyclic) bond motifs is 1. The molecule has 0 spiro atoms. The van der Waals surface area contributed by atoms with Crippen molar-refractivity contribution in [2.24, 2.45) is 0 Å². The topological polar surface area (TPSA) is 114 Å². The van der Waals surface area contributed by atoms with Crippen LogP contribution in [0.25, 0.3) is 5.69 Å². The van der Waals surface area contributed by atoms with Crippen LogP contribution in [0.1, 0.15) is 39.5 Å². The van der Waals surface area contributed by atoms with Gasteiger partial charge in [0.1, 0.15) is 0 Å². The molecule has 2 saturated heterocycles. The Labute approximate surface area is 199 Å². The number of hydrogen-bond donors (Lipinski definition) is 2. The molecule has 10 nitrogen and oxygen atoms in total. The first kappa shape index (κ1) is 22.8. The molecule has 34 heavy (non-hydrogen) atoms. The fourth-order valence-electron chi connectivity index (χ4n) is 5.21. The summed E-state index contributed by atoms with van der Waals surface area (Å²) in [6, 6.07) is 7.89. The molecule has 0 amide bonds. The first-order valence-corrected chi connectivity index (χ1v) is 12.9. The molecule has 180 valence electrons. The predicted octanol–water partition coefficient (Wildman–Crippen LogP) is 2.89. The number of anilines is 3. The van der Waals surface area contributed by atoms with Crippen LogP contribution in [0.5, 0.6) is 0 Å². The third-order valence-corrected chi connectivity index (χ3v) is 7.36. The fourth-order valence-corrected chi connectivity index (χ4v) is 5.74. The Morgan fingerprint density at radius 2 is 2.15 bits per heavy atom. The molecule has 5 rings (SSSR count). The average Bonchev–Trinajstić information content (AvgIpc) is 3.46. The third kappa shape index (κ3) is 4.51. The molecule has 3 atom stereocenters. The number of halogens is 1. The van der Waals surface area contributed by atoms with E-state index in [0.29, 0.717) is 17.4 Å². The van der Waals surface area contributed by atoms with Crippen molar-refractivity contribution in [3.8, 4) is 5.69 Å². The van der Waals surface area contributed by atoms with E-state index in [1.54, 1.807) is 12.1 Å². The van der Waals surface area contributed by atoms with Gasteiger partial charge in [0.15, 0.2) is 11.6 Å². The molecule has 0 aliphatic carbocycles. The van der Waals surface area contributed by atoms with Crippen LogP contribution >= 0.6 is 0 Å². The van der Waals surface area contributed by atoms with Crippen molar-refractivity contribution < 1.29 is 8.60 Å². The van der Waals surface area contributed by atoms with E-state index in [9.17, 15) is 8.60 Å². The quantitative estimate of drug-likeness (QED) is 0.544. The van der Waals surface area contributed by atoms with Crippen molar-refractivity contribution in [1.82, 2.24) is 35.1 Å². The van der Waals surface area contributed by atoms with Gasteiger partial charge in [0.05, 0.1) is 22.7 Å². The molecular formula is C22H28FN9OS. The van der Waals surface area contributed by atoms with E-state index in [1.165, 1.54) is 30.0 Å². The molecule has 3 aromatic rings. The highest BCUT2D eigenvalue weighted by molar-refractivity contribution is 7.84. The number of rotatable bonds is 6. The Kier molecular flexibility index (Phi) is 6.02. The Morgan fingerprint density at radius 1 is 1.29 bits per heavy atom. The molecule has 0 saturated carbocycles. The molecule has 2 aliphatic rings. The zero-order chi connectivity index (χ0) is 23.9. The highest BCUT2D eigenvalue weighted by Gasteiger charge is 2.43. The van der Waals surface area contributed by atoms with Gasteiger partial charge in [-0.2, -0.15) is 9.67 Å². The lowest BCUT2D eigenvalue weighted by Gasteiger charge is -2.47.